The summed E-state index contributed by atoms with van der Waals surface area (Å²) in [6, 6.07) is 4.06. The maximum absolute atomic E-state index is 16.0. The smallest absolute Gasteiger partial charge is 0.295 e. The van der Waals surface area contributed by atoms with Gasteiger partial charge in [0.25, 0.3) is 5.92 Å². The number of benzene rings is 1. The van der Waals surface area contributed by atoms with E-state index in [9.17, 15) is 5.11 Å². The number of alkyl halides is 2. The Balaban J connectivity index is 1.52. The molecular formula is C28H34Cl3F2N3O5Si. The fourth-order valence-corrected chi connectivity index (χ4v) is 6.60. The Hall–Kier alpha value is -1.41. The third-order valence-corrected chi connectivity index (χ3v) is 13.8. The zero-order chi connectivity index (χ0) is 31.0. The molecule has 0 radical (unpaired) electrons. The van der Waals surface area contributed by atoms with Crippen molar-refractivity contribution in [3.8, 4) is 0 Å². The first-order valence-electron chi connectivity index (χ1n) is 13.5. The fraction of sp³-hybridized carbons (Fsp3) is 0.571. The minimum Gasteiger partial charge on any atom is -0.410 e. The lowest BCUT2D eigenvalue weighted by Crippen LogP contribution is -2.43. The maximum atomic E-state index is 16.0. The number of ether oxygens (including phenoxy) is 3. The summed E-state index contributed by atoms with van der Waals surface area (Å²) in [6.07, 6.45) is -2.03. The molecule has 0 aliphatic carbocycles. The van der Waals surface area contributed by atoms with Crippen LogP contribution in [0.5, 0.6) is 0 Å². The lowest BCUT2D eigenvalue weighted by atomic mass is 9.92. The monoisotopic (exact) mass is 663 g/mol. The van der Waals surface area contributed by atoms with Gasteiger partial charge >= 0.3 is 0 Å². The Morgan fingerprint density at radius 1 is 1.10 bits per heavy atom. The van der Waals surface area contributed by atoms with Crippen LogP contribution in [0.2, 0.25) is 33.3 Å². The van der Waals surface area contributed by atoms with Gasteiger partial charge < -0.3 is 28.3 Å². The summed E-state index contributed by atoms with van der Waals surface area (Å²) < 4.78 is 58.2. The lowest BCUT2D eigenvalue weighted by Gasteiger charge is -2.37. The molecule has 230 valence electrons. The third kappa shape index (κ3) is 5.72. The molecule has 5 rings (SSSR count). The SMILES string of the molecule is CC1(C)O[C@H]2[C@@H](O1)[C@H](n1ccc3c(Cl)ncnc31)O[C@@H]2[C@H](O)c1cc(Cl)c(Cl)cc1C(F)(F)CO[Si](C)(C)C(C)(C)C. The molecule has 0 saturated carbocycles. The summed E-state index contributed by atoms with van der Waals surface area (Å²) in [7, 11) is -2.53. The molecule has 2 aliphatic rings. The number of hydrogen-bond donors (Lipinski definition) is 1. The second-order valence-corrected chi connectivity index (χ2v) is 18.7. The molecule has 0 bridgehead atoms. The number of aliphatic hydroxyl groups is 1. The van der Waals surface area contributed by atoms with E-state index in [4.69, 9.17) is 53.4 Å². The molecular weight excluding hydrogens is 631 g/mol. The van der Waals surface area contributed by atoms with Crippen LogP contribution >= 0.6 is 34.8 Å². The van der Waals surface area contributed by atoms with Crippen LogP contribution < -0.4 is 0 Å². The van der Waals surface area contributed by atoms with Gasteiger partial charge in [0.2, 0.25) is 0 Å². The van der Waals surface area contributed by atoms with E-state index in [2.05, 4.69) is 9.97 Å². The minimum atomic E-state index is -3.51. The number of hydrogen-bond acceptors (Lipinski definition) is 7. The predicted molar refractivity (Wildman–Crippen MR) is 159 cm³/mol. The van der Waals surface area contributed by atoms with Crippen LogP contribution in [-0.4, -0.2) is 58.7 Å². The van der Waals surface area contributed by atoms with Crippen LogP contribution in [-0.2, 0) is 24.6 Å². The highest BCUT2D eigenvalue weighted by atomic mass is 35.5. The topological polar surface area (TPSA) is 87.9 Å². The van der Waals surface area contributed by atoms with Crippen molar-refractivity contribution in [2.24, 2.45) is 0 Å². The highest BCUT2D eigenvalue weighted by Gasteiger charge is 2.58. The van der Waals surface area contributed by atoms with E-state index in [1.807, 2.05) is 33.9 Å². The summed E-state index contributed by atoms with van der Waals surface area (Å²) in [5.74, 6) is -4.54. The normalized spacial score (nSPS) is 25.3. The predicted octanol–water partition coefficient (Wildman–Crippen LogP) is 7.66. The fourth-order valence-electron chi connectivity index (χ4n) is 5.10. The molecule has 0 spiro atoms. The van der Waals surface area contributed by atoms with Gasteiger partial charge in [-0.3, -0.25) is 0 Å². The maximum Gasteiger partial charge on any atom is 0.295 e. The van der Waals surface area contributed by atoms with Crippen molar-refractivity contribution >= 4 is 54.2 Å². The summed E-state index contributed by atoms with van der Waals surface area (Å²) in [5, 5.41) is 12.2. The second kappa shape index (κ2) is 10.9. The molecule has 3 aromatic rings. The summed E-state index contributed by atoms with van der Waals surface area (Å²) >= 11 is 18.8. The van der Waals surface area contributed by atoms with E-state index in [1.54, 1.807) is 30.7 Å². The second-order valence-electron chi connectivity index (χ2n) is 12.7. The van der Waals surface area contributed by atoms with Crippen molar-refractivity contribution in [3.63, 3.8) is 0 Å². The van der Waals surface area contributed by atoms with Crippen LogP contribution in [0, 0.1) is 0 Å². The van der Waals surface area contributed by atoms with Crippen LogP contribution in [0.25, 0.3) is 11.0 Å². The van der Waals surface area contributed by atoms with E-state index in [1.165, 1.54) is 12.4 Å². The van der Waals surface area contributed by atoms with E-state index in [0.29, 0.717) is 11.0 Å². The molecule has 0 amide bonds. The molecule has 1 aromatic carbocycles. The van der Waals surface area contributed by atoms with Crippen molar-refractivity contribution in [1.29, 1.82) is 0 Å². The first kappa shape index (κ1) is 32.0. The van der Waals surface area contributed by atoms with Crippen LogP contribution in [0.15, 0.2) is 30.7 Å². The number of aromatic nitrogens is 3. The molecule has 4 heterocycles. The highest BCUT2D eigenvalue weighted by Crippen LogP contribution is 2.49. The van der Waals surface area contributed by atoms with Gasteiger partial charge in [0.05, 0.1) is 15.4 Å². The van der Waals surface area contributed by atoms with E-state index in [0.717, 1.165) is 6.07 Å². The Morgan fingerprint density at radius 2 is 1.74 bits per heavy atom. The Bertz CT molecular complexity index is 1500. The number of aliphatic hydroxyl groups excluding tert-OH is 1. The summed E-state index contributed by atoms with van der Waals surface area (Å²) in [5.41, 5.74) is -0.170. The van der Waals surface area contributed by atoms with Gasteiger partial charge in [0, 0.05) is 11.8 Å². The zero-order valence-electron chi connectivity index (χ0n) is 24.3. The number of nitrogens with zero attached hydrogens (tertiary/aromatic N) is 3. The van der Waals surface area contributed by atoms with Gasteiger partial charge in [-0.2, -0.15) is 8.78 Å². The molecule has 2 fully saturated rings. The first-order valence-corrected chi connectivity index (χ1v) is 17.5. The quantitative estimate of drug-likeness (QED) is 0.205. The average molecular weight is 665 g/mol. The molecule has 0 unspecified atom stereocenters. The van der Waals surface area contributed by atoms with Gasteiger partial charge in [0.1, 0.15) is 48.2 Å². The van der Waals surface area contributed by atoms with Gasteiger partial charge in [0.15, 0.2) is 20.3 Å². The zero-order valence-corrected chi connectivity index (χ0v) is 27.6. The average Bonchev–Trinajstić information content (AvgIpc) is 3.54. The summed E-state index contributed by atoms with van der Waals surface area (Å²) in [6.45, 7) is 12.3. The van der Waals surface area contributed by atoms with Crippen molar-refractivity contribution in [2.45, 2.75) is 95.1 Å². The molecule has 8 nitrogen and oxygen atoms in total. The van der Waals surface area contributed by atoms with E-state index >= 15 is 8.78 Å². The van der Waals surface area contributed by atoms with Crippen LogP contribution in [0.3, 0.4) is 0 Å². The summed E-state index contributed by atoms with van der Waals surface area (Å²) in [4.78, 5) is 8.35. The standard InChI is InChI=1S/C28H34Cl3F2N3O5Si/c1-26(2,3)42(6,7)38-12-28(32,33)16-11-18(30)17(29)10-15(16)19(37)20-21-22(41-27(4,5)40-21)25(39-20)36-9-8-14-23(31)34-13-35-24(14)36/h8-11,13,19-22,25,37H,12H2,1-7H3/t19-,20-,21-,22-,25-/m1/s1. The number of rotatable bonds is 7. The molecule has 5 atom stereocenters. The molecule has 2 aliphatic heterocycles. The van der Waals surface area contributed by atoms with Gasteiger partial charge in [-0.25, -0.2) is 9.97 Å². The van der Waals surface area contributed by atoms with E-state index < -0.39 is 62.8 Å². The largest absolute Gasteiger partial charge is 0.410 e. The molecule has 14 heteroatoms. The van der Waals surface area contributed by atoms with Crippen LogP contribution in [0.1, 0.15) is 58.1 Å². The van der Waals surface area contributed by atoms with Crippen molar-refractivity contribution in [2.75, 3.05) is 6.61 Å². The molecule has 2 aromatic heterocycles. The van der Waals surface area contributed by atoms with Gasteiger partial charge in [-0.15, -0.1) is 0 Å². The van der Waals surface area contributed by atoms with Crippen molar-refractivity contribution < 1.29 is 32.5 Å². The number of fused-ring (bicyclic) bond motifs is 2. The third-order valence-electron chi connectivity index (χ3n) is 8.34. The van der Waals surface area contributed by atoms with Gasteiger partial charge in [-0.05, 0) is 55.7 Å². The molecule has 42 heavy (non-hydrogen) atoms. The molecule has 2 saturated heterocycles. The Morgan fingerprint density at radius 3 is 2.40 bits per heavy atom. The Labute approximate surface area is 259 Å². The Kier molecular flexibility index (Phi) is 8.29. The van der Waals surface area contributed by atoms with Crippen molar-refractivity contribution in [1.82, 2.24) is 14.5 Å². The van der Waals surface area contributed by atoms with Crippen LogP contribution in [0.4, 0.5) is 8.78 Å². The highest BCUT2D eigenvalue weighted by molar-refractivity contribution is 6.74. The molecule has 1 N–H and O–H groups in total. The first-order chi connectivity index (χ1) is 19.3. The minimum absolute atomic E-state index is 0.00773. The van der Waals surface area contributed by atoms with Crippen molar-refractivity contribution in [3.05, 3.63) is 57.0 Å². The van der Waals surface area contributed by atoms with E-state index in [-0.39, 0.29) is 25.8 Å². The van der Waals surface area contributed by atoms with Gasteiger partial charge in [-0.1, -0.05) is 55.6 Å². The number of halogens is 5. The lowest BCUT2D eigenvalue weighted by molar-refractivity contribution is -0.207.